The highest BCUT2D eigenvalue weighted by atomic mass is 16.5. The van der Waals surface area contributed by atoms with Crippen LogP contribution in [-0.4, -0.2) is 95.4 Å². The van der Waals surface area contributed by atoms with E-state index in [4.69, 9.17) is 9.47 Å². The largest absolute Gasteiger partial charge is 0.462 e. The fraction of sp³-hybridized carbons (Fsp3) is 0.600. The Bertz CT molecular complexity index is 598. The highest BCUT2D eigenvalue weighted by molar-refractivity contribution is 5.95. The highest BCUT2D eigenvalue weighted by Gasteiger charge is 2.29. The molecule has 10 heteroatoms. The lowest BCUT2D eigenvalue weighted by atomic mass is 9.88. The van der Waals surface area contributed by atoms with E-state index in [1.54, 1.807) is 0 Å². The molecule has 0 radical (unpaired) electrons. The molecule has 0 aliphatic rings. The van der Waals surface area contributed by atoms with Gasteiger partial charge in [-0.3, -0.25) is 0 Å². The molecule has 0 aliphatic heterocycles. The molecule has 0 heterocycles. The fourth-order valence-corrected chi connectivity index (χ4v) is 2.43. The first-order chi connectivity index (χ1) is 14.3. The summed E-state index contributed by atoms with van der Waals surface area (Å²) in [6.07, 6.45) is 0.0958. The third-order valence-corrected chi connectivity index (χ3v) is 5.08. The predicted octanol–water partition coefficient (Wildman–Crippen LogP) is -1.29. The van der Waals surface area contributed by atoms with Gasteiger partial charge in [-0.25, -0.2) is 9.59 Å². The van der Waals surface area contributed by atoms with E-state index in [-0.39, 0.29) is 37.2 Å². The quantitative estimate of drug-likeness (QED) is 0.195. The number of hydrogen-bond acceptors (Lipinski definition) is 10. The number of aliphatic hydroxyl groups excluding tert-OH is 6. The Kier molecular flexibility index (Phi) is 10.9. The number of carbonyl (C=O) groups is 2. The Hall–Kier alpha value is -2.08. The Morgan fingerprint density at radius 3 is 1.30 bits per heavy atom. The molecule has 1 aromatic rings. The van der Waals surface area contributed by atoms with Crippen LogP contribution in [0.5, 0.6) is 0 Å². The van der Waals surface area contributed by atoms with Crippen LogP contribution in [-0.2, 0) is 9.47 Å². The van der Waals surface area contributed by atoms with Gasteiger partial charge in [0, 0.05) is 10.8 Å². The normalized spacial score (nSPS) is 11.9. The van der Waals surface area contributed by atoms with Gasteiger partial charge >= 0.3 is 11.9 Å². The average Bonchev–Trinajstić information content (AvgIpc) is 2.80. The van der Waals surface area contributed by atoms with Crippen LogP contribution in [0.1, 0.15) is 33.6 Å². The minimum atomic E-state index is -1.15. The summed E-state index contributed by atoms with van der Waals surface area (Å²) < 4.78 is 10.2. The third kappa shape index (κ3) is 7.01. The van der Waals surface area contributed by atoms with E-state index in [2.05, 4.69) is 0 Å². The van der Waals surface area contributed by atoms with Gasteiger partial charge in [0.15, 0.2) is 0 Å². The van der Waals surface area contributed by atoms with Crippen molar-refractivity contribution in [3.05, 3.63) is 35.4 Å². The topological polar surface area (TPSA) is 174 Å². The Balaban J connectivity index is 2.64. The molecule has 0 bridgehead atoms. The smallest absolute Gasteiger partial charge is 0.338 e. The average molecular weight is 430 g/mol. The van der Waals surface area contributed by atoms with Crippen LogP contribution in [0.3, 0.4) is 0 Å². The monoisotopic (exact) mass is 430 g/mol. The van der Waals surface area contributed by atoms with Gasteiger partial charge in [-0.15, -0.1) is 0 Å². The number of esters is 2. The first-order valence-electron chi connectivity index (χ1n) is 9.44. The molecule has 0 unspecified atom stereocenters. The van der Waals surface area contributed by atoms with Crippen molar-refractivity contribution in [3.63, 3.8) is 0 Å². The molecule has 0 amide bonds. The summed E-state index contributed by atoms with van der Waals surface area (Å²) >= 11 is 0. The first-order valence-corrected chi connectivity index (χ1v) is 9.44. The van der Waals surface area contributed by atoms with Crippen LogP contribution in [0.15, 0.2) is 24.3 Å². The number of hydrogen-bond donors (Lipinski definition) is 6. The molecule has 30 heavy (non-hydrogen) atoms. The number of carbonyl (C=O) groups excluding carboxylic acids is 2. The van der Waals surface area contributed by atoms with Crippen LogP contribution >= 0.6 is 0 Å². The number of ether oxygens (including phenoxy) is 2. The van der Waals surface area contributed by atoms with E-state index in [0.29, 0.717) is 0 Å². The van der Waals surface area contributed by atoms with Crippen LogP contribution < -0.4 is 0 Å². The SMILES string of the molecule is O=C(OCCC(CO)(CO)CO)c1cccc(C(=O)OCCC(CO)(CO)CO)c1. The number of aliphatic hydroxyl groups is 6. The van der Waals surface area contributed by atoms with Gasteiger partial charge in [-0.2, -0.15) is 0 Å². The van der Waals surface area contributed by atoms with Crippen LogP contribution in [0, 0.1) is 10.8 Å². The summed E-state index contributed by atoms with van der Waals surface area (Å²) in [7, 11) is 0. The molecule has 0 fully saturated rings. The van der Waals surface area contributed by atoms with Gasteiger partial charge in [0.05, 0.1) is 64.0 Å². The highest BCUT2D eigenvalue weighted by Crippen LogP contribution is 2.21. The molecule has 0 aliphatic carbocycles. The molecule has 0 atom stereocenters. The van der Waals surface area contributed by atoms with Crippen molar-refractivity contribution in [2.75, 3.05) is 52.9 Å². The van der Waals surface area contributed by atoms with E-state index in [0.717, 1.165) is 0 Å². The lowest BCUT2D eigenvalue weighted by molar-refractivity contribution is -0.0174. The number of rotatable bonds is 14. The minimum absolute atomic E-state index is 0.0479. The number of benzene rings is 1. The lowest BCUT2D eigenvalue weighted by Gasteiger charge is -2.26. The summed E-state index contributed by atoms with van der Waals surface area (Å²) in [4.78, 5) is 24.4. The zero-order chi connectivity index (χ0) is 22.6. The van der Waals surface area contributed by atoms with Gasteiger partial charge in [-0.05, 0) is 31.0 Å². The molecule has 0 saturated heterocycles. The third-order valence-electron chi connectivity index (χ3n) is 5.08. The zero-order valence-corrected chi connectivity index (χ0v) is 16.7. The van der Waals surface area contributed by atoms with E-state index in [1.807, 2.05) is 0 Å². The lowest BCUT2D eigenvalue weighted by Crippen LogP contribution is -2.35. The second-order valence-electron chi connectivity index (χ2n) is 7.30. The maximum absolute atomic E-state index is 12.2. The summed E-state index contributed by atoms with van der Waals surface area (Å²) in [5, 5.41) is 55.6. The minimum Gasteiger partial charge on any atom is -0.462 e. The molecule has 6 N–H and O–H groups in total. The second-order valence-corrected chi connectivity index (χ2v) is 7.30. The van der Waals surface area contributed by atoms with E-state index in [9.17, 15) is 40.2 Å². The Labute approximate surface area is 174 Å². The van der Waals surface area contributed by atoms with Gasteiger partial charge < -0.3 is 40.1 Å². The molecule has 0 saturated carbocycles. The molecular weight excluding hydrogens is 400 g/mol. The van der Waals surface area contributed by atoms with E-state index < -0.39 is 62.4 Å². The van der Waals surface area contributed by atoms with Gasteiger partial charge in [0.25, 0.3) is 0 Å². The van der Waals surface area contributed by atoms with Crippen LogP contribution in [0.4, 0.5) is 0 Å². The second kappa shape index (κ2) is 12.6. The summed E-state index contributed by atoms with van der Waals surface area (Å²) in [5.41, 5.74) is -2.14. The van der Waals surface area contributed by atoms with Crippen LogP contribution in [0.25, 0.3) is 0 Å². The van der Waals surface area contributed by atoms with Crippen molar-refractivity contribution in [1.29, 1.82) is 0 Å². The van der Waals surface area contributed by atoms with Crippen LogP contribution in [0.2, 0.25) is 0 Å². The first kappa shape index (κ1) is 26.0. The summed E-state index contributed by atoms with van der Waals surface area (Å²) in [6.45, 7) is -3.12. The molecular formula is C20H30O10. The van der Waals surface area contributed by atoms with Crippen molar-refractivity contribution in [3.8, 4) is 0 Å². The Morgan fingerprint density at radius 2 is 1.00 bits per heavy atom. The molecule has 1 aromatic carbocycles. The molecule has 0 spiro atoms. The van der Waals surface area contributed by atoms with Crippen molar-refractivity contribution >= 4 is 11.9 Å². The summed E-state index contributed by atoms with van der Waals surface area (Å²) in [6, 6.07) is 5.61. The van der Waals surface area contributed by atoms with E-state index in [1.165, 1.54) is 24.3 Å². The Morgan fingerprint density at radius 1 is 0.667 bits per heavy atom. The molecule has 10 nitrogen and oxygen atoms in total. The maximum atomic E-state index is 12.2. The maximum Gasteiger partial charge on any atom is 0.338 e. The predicted molar refractivity (Wildman–Crippen MR) is 104 cm³/mol. The van der Waals surface area contributed by atoms with Gasteiger partial charge in [-0.1, -0.05) is 6.07 Å². The summed E-state index contributed by atoms with van der Waals surface area (Å²) in [5.74, 6) is -1.46. The van der Waals surface area contributed by atoms with Gasteiger partial charge in [0.1, 0.15) is 0 Å². The molecule has 0 aromatic heterocycles. The molecule has 170 valence electrons. The fourth-order valence-electron chi connectivity index (χ4n) is 2.43. The van der Waals surface area contributed by atoms with Gasteiger partial charge in [0.2, 0.25) is 0 Å². The van der Waals surface area contributed by atoms with E-state index >= 15 is 0 Å². The standard InChI is InChI=1S/C20H30O10/c21-9-19(10-22,11-23)4-6-29-17(27)15-2-1-3-16(8-15)18(28)30-7-5-20(12-24,13-25)14-26/h1-3,8,21-26H,4-7,9-14H2. The van der Waals surface area contributed by atoms with Crippen molar-refractivity contribution < 1.29 is 49.7 Å². The van der Waals surface area contributed by atoms with Crippen molar-refractivity contribution in [1.82, 2.24) is 0 Å². The zero-order valence-electron chi connectivity index (χ0n) is 16.7. The molecule has 1 rings (SSSR count). The van der Waals surface area contributed by atoms with Crippen molar-refractivity contribution in [2.45, 2.75) is 12.8 Å². The van der Waals surface area contributed by atoms with Crippen molar-refractivity contribution in [2.24, 2.45) is 10.8 Å².